The second kappa shape index (κ2) is 5.07. The predicted molar refractivity (Wildman–Crippen MR) is 65.1 cm³/mol. The zero-order chi connectivity index (χ0) is 12.2. The SMILES string of the molecule is CCC(N)(CC)C(=O)Nc1ccncc1C. The summed E-state index contributed by atoms with van der Waals surface area (Å²) in [6, 6.07) is 1.78. The molecule has 0 aromatic carbocycles. The molecule has 0 fully saturated rings. The minimum Gasteiger partial charge on any atom is -0.324 e. The van der Waals surface area contributed by atoms with E-state index < -0.39 is 5.54 Å². The Morgan fingerprint density at radius 2 is 2.12 bits per heavy atom. The fourth-order valence-corrected chi connectivity index (χ4v) is 1.43. The Bertz CT molecular complexity index is 372. The van der Waals surface area contributed by atoms with Crippen molar-refractivity contribution in [3.05, 3.63) is 24.0 Å². The molecule has 3 N–H and O–H groups in total. The van der Waals surface area contributed by atoms with Crippen LogP contribution < -0.4 is 11.1 Å². The topological polar surface area (TPSA) is 68.0 Å². The molecule has 0 saturated heterocycles. The van der Waals surface area contributed by atoms with Gasteiger partial charge in [-0.2, -0.15) is 0 Å². The summed E-state index contributed by atoms with van der Waals surface area (Å²) in [7, 11) is 0. The van der Waals surface area contributed by atoms with Crippen molar-refractivity contribution in [3.63, 3.8) is 0 Å². The van der Waals surface area contributed by atoms with Crippen molar-refractivity contribution >= 4 is 11.6 Å². The number of nitrogens with two attached hydrogens (primary N) is 1. The van der Waals surface area contributed by atoms with E-state index in [1.807, 2.05) is 20.8 Å². The molecule has 1 aromatic rings. The van der Waals surface area contributed by atoms with Crippen LogP contribution in [0.4, 0.5) is 5.69 Å². The van der Waals surface area contributed by atoms with Gasteiger partial charge < -0.3 is 11.1 Å². The van der Waals surface area contributed by atoms with Crippen molar-refractivity contribution < 1.29 is 4.79 Å². The highest BCUT2D eigenvalue weighted by Gasteiger charge is 2.29. The zero-order valence-corrected chi connectivity index (χ0v) is 10.1. The monoisotopic (exact) mass is 221 g/mol. The number of hydrogen-bond acceptors (Lipinski definition) is 3. The highest BCUT2D eigenvalue weighted by molar-refractivity contribution is 5.98. The summed E-state index contributed by atoms with van der Waals surface area (Å²) < 4.78 is 0. The third kappa shape index (κ3) is 2.58. The van der Waals surface area contributed by atoms with Gasteiger partial charge in [-0.25, -0.2) is 0 Å². The molecule has 1 heterocycles. The summed E-state index contributed by atoms with van der Waals surface area (Å²) in [5.41, 5.74) is 6.94. The number of aryl methyl sites for hydroxylation is 1. The van der Waals surface area contributed by atoms with Gasteiger partial charge in [0.25, 0.3) is 0 Å². The first-order valence-electron chi connectivity index (χ1n) is 5.54. The van der Waals surface area contributed by atoms with Gasteiger partial charge in [-0.05, 0) is 31.4 Å². The van der Waals surface area contributed by atoms with Crippen molar-refractivity contribution in [2.24, 2.45) is 5.73 Å². The fraction of sp³-hybridized carbons (Fsp3) is 0.500. The van der Waals surface area contributed by atoms with E-state index in [9.17, 15) is 4.79 Å². The van der Waals surface area contributed by atoms with Gasteiger partial charge in [-0.15, -0.1) is 0 Å². The van der Waals surface area contributed by atoms with E-state index in [1.165, 1.54) is 0 Å². The molecule has 0 saturated carbocycles. The van der Waals surface area contributed by atoms with Crippen LogP contribution >= 0.6 is 0 Å². The summed E-state index contributed by atoms with van der Waals surface area (Å²) in [5.74, 6) is -0.133. The van der Waals surface area contributed by atoms with Gasteiger partial charge in [-0.1, -0.05) is 13.8 Å². The maximum absolute atomic E-state index is 12.0. The molecule has 0 unspecified atom stereocenters. The van der Waals surface area contributed by atoms with E-state index in [-0.39, 0.29) is 5.91 Å². The van der Waals surface area contributed by atoms with Crippen molar-refractivity contribution in [1.82, 2.24) is 4.98 Å². The first-order chi connectivity index (χ1) is 7.53. The lowest BCUT2D eigenvalue weighted by molar-refractivity contribution is -0.121. The Morgan fingerprint density at radius 3 is 2.62 bits per heavy atom. The second-order valence-corrected chi connectivity index (χ2v) is 4.01. The van der Waals surface area contributed by atoms with Crippen molar-refractivity contribution in [1.29, 1.82) is 0 Å². The highest BCUT2D eigenvalue weighted by atomic mass is 16.2. The van der Waals surface area contributed by atoms with Gasteiger partial charge in [0.15, 0.2) is 0 Å². The van der Waals surface area contributed by atoms with Crippen LogP contribution in [0, 0.1) is 6.92 Å². The van der Waals surface area contributed by atoms with Crippen molar-refractivity contribution in [2.45, 2.75) is 39.2 Å². The Kier molecular flexibility index (Phi) is 4.01. The molecule has 1 rings (SSSR count). The van der Waals surface area contributed by atoms with Crippen LogP contribution in [-0.4, -0.2) is 16.4 Å². The first-order valence-corrected chi connectivity index (χ1v) is 5.54. The number of anilines is 1. The van der Waals surface area contributed by atoms with Gasteiger partial charge in [0.1, 0.15) is 0 Å². The second-order valence-electron chi connectivity index (χ2n) is 4.01. The first kappa shape index (κ1) is 12.6. The third-order valence-corrected chi connectivity index (χ3v) is 2.98. The largest absolute Gasteiger partial charge is 0.324 e. The summed E-state index contributed by atoms with van der Waals surface area (Å²) in [6.07, 6.45) is 4.61. The van der Waals surface area contributed by atoms with E-state index in [0.717, 1.165) is 11.3 Å². The lowest BCUT2D eigenvalue weighted by Crippen LogP contribution is -2.50. The molecule has 4 nitrogen and oxygen atoms in total. The van der Waals surface area contributed by atoms with Crippen LogP contribution in [0.2, 0.25) is 0 Å². The van der Waals surface area contributed by atoms with E-state index in [1.54, 1.807) is 18.5 Å². The van der Waals surface area contributed by atoms with E-state index >= 15 is 0 Å². The van der Waals surface area contributed by atoms with Crippen molar-refractivity contribution in [2.75, 3.05) is 5.32 Å². The average molecular weight is 221 g/mol. The maximum atomic E-state index is 12.0. The number of rotatable bonds is 4. The number of nitrogens with zero attached hydrogens (tertiary/aromatic N) is 1. The van der Waals surface area contributed by atoms with Gasteiger partial charge in [0.05, 0.1) is 5.54 Å². The Morgan fingerprint density at radius 1 is 1.50 bits per heavy atom. The molecule has 1 amide bonds. The van der Waals surface area contributed by atoms with Gasteiger partial charge in [-0.3, -0.25) is 9.78 Å². The number of carbonyl (C=O) groups is 1. The molecule has 0 bridgehead atoms. The van der Waals surface area contributed by atoms with Crippen LogP contribution in [0.15, 0.2) is 18.5 Å². The number of pyridine rings is 1. The molecule has 0 aliphatic rings. The van der Waals surface area contributed by atoms with Gasteiger partial charge in [0.2, 0.25) is 5.91 Å². The van der Waals surface area contributed by atoms with Crippen LogP contribution in [0.25, 0.3) is 0 Å². The number of nitrogens with one attached hydrogen (secondary N) is 1. The summed E-state index contributed by atoms with van der Waals surface area (Å²) >= 11 is 0. The number of carbonyl (C=O) groups excluding carboxylic acids is 1. The number of hydrogen-bond donors (Lipinski definition) is 2. The van der Waals surface area contributed by atoms with Crippen LogP contribution in [0.1, 0.15) is 32.3 Å². The third-order valence-electron chi connectivity index (χ3n) is 2.98. The molecular weight excluding hydrogens is 202 g/mol. The standard InChI is InChI=1S/C12H19N3O/c1-4-12(13,5-2)11(16)15-10-6-7-14-8-9(10)3/h6-8H,4-5,13H2,1-3H3,(H,14,15,16). The van der Waals surface area contributed by atoms with Gasteiger partial charge in [0, 0.05) is 18.1 Å². The summed E-state index contributed by atoms with van der Waals surface area (Å²) in [4.78, 5) is 16.0. The molecular formula is C12H19N3O. The predicted octanol–water partition coefficient (Wildman–Crippen LogP) is 1.85. The average Bonchev–Trinajstić information content (AvgIpc) is 2.31. The molecule has 0 radical (unpaired) electrons. The summed E-state index contributed by atoms with van der Waals surface area (Å²) in [6.45, 7) is 5.74. The van der Waals surface area contributed by atoms with Crippen LogP contribution in [0.3, 0.4) is 0 Å². The highest BCUT2D eigenvalue weighted by Crippen LogP contribution is 2.17. The molecule has 16 heavy (non-hydrogen) atoms. The minimum atomic E-state index is -0.782. The smallest absolute Gasteiger partial charge is 0.244 e. The van der Waals surface area contributed by atoms with Crippen LogP contribution in [-0.2, 0) is 4.79 Å². The van der Waals surface area contributed by atoms with Crippen molar-refractivity contribution in [3.8, 4) is 0 Å². The Labute approximate surface area is 96.3 Å². The fourth-order valence-electron chi connectivity index (χ4n) is 1.43. The zero-order valence-electron chi connectivity index (χ0n) is 10.1. The number of amides is 1. The molecule has 1 aromatic heterocycles. The number of aromatic nitrogens is 1. The molecule has 0 spiro atoms. The molecule has 0 atom stereocenters. The molecule has 88 valence electrons. The lowest BCUT2D eigenvalue weighted by Gasteiger charge is -2.25. The summed E-state index contributed by atoms with van der Waals surface area (Å²) in [5, 5.41) is 2.85. The van der Waals surface area contributed by atoms with E-state index in [0.29, 0.717) is 12.8 Å². The van der Waals surface area contributed by atoms with Crippen LogP contribution in [0.5, 0.6) is 0 Å². The Balaban J connectivity index is 2.83. The van der Waals surface area contributed by atoms with E-state index in [4.69, 9.17) is 5.73 Å². The molecule has 0 aliphatic carbocycles. The maximum Gasteiger partial charge on any atom is 0.244 e. The lowest BCUT2D eigenvalue weighted by atomic mass is 9.93. The van der Waals surface area contributed by atoms with Gasteiger partial charge >= 0.3 is 0 Å². The minimum absolute atomic E-state index is 0.133. The Hall–Kier alpha value is -1.42. The molecule has 4 heteroatoms. The quantitative estimate of drug-likeness (QED) is 0.815. The molecule has 0 aliphatic heterocycles. The van der Waals surface area contributed by atoms with E-state index in [2.05, 4.69) is 10.3 Å². The normalized spacial score (nSPS) is 11.2.